The molecule has 0 amide bonds. The molecule has 13 heavy (non-hydrogen) atoms. The van der Waals surface area contributed by atoms with Crippen LogP contribution < -0.4 is 0 Å². The minimum atomic E-state index is 1.25. The maximum atomic E-state index is 2.20. The molecule has 0 unspecified atom stereocenters. The van der Waals surface area contributed by atoms with Gasteiger partial charge in [0.15, 0.2) is 0 Å². The summed E-state index contributed by atoms with van der Waals surface area (Å²) in [6, 6.07) is 12.7. The summed E-state index contributed by atoms with van der Waals surface area (Å²) in [5, 5.41) is 1.28. The first-order valence-corrected chi connectivity index (χ1v) is 4.40. The first-order valence-electron chi connectivity index (χ1n) is 4.40. The van der Waals surface area contributed by atoms with E-state index in [1.54, 1.807) is 0 Å². The van der Waals surface area contributed by atoms with E-state index in [4.69, 9.17) is 0 Å². The standard InChI is InChI=1S/C11H8BN/c1-2-4-11-9(3-1)5-6-10-7-12-8-13(10)11/h1-8H. The first kappa shape index (κ1) is 6.90. The topological polar surface area (TPSA) is 4.41 Å². The van der Waals surface area contributed by atoms with Crippen molar-refractivity contribution in [2.24, 2.45) is 0 Å². The molecule has 0 saturated carbocycles. The van der Waals surface area contributed by atoms with Crippen molar-refractivity contribution in [3.8, 4) is 0 Å². The quantitative estimate of drug-likeness (QED) is 0.481. The number of rotatable bonds is 0. The van der Waals surface area contributed by atoms with Crippen LogP contribution in [0.2, 0.25) is 0 Å². The average Bonchev–Trinajstić information content (AvgIpc) is 2.65. The molecule has 60 valence electrons. The van der Waals surface area contributed by atoms with E-state index in [0.717, 1.165) is 0 Å². The van der Waals surface area contributed by atoms with E-state index in [9.17, 15) is 0 Å². The van der Waals surface area contributed by atoms with Gasteiger partial charge in [-0.05, 0) is 0 Å². The summed E-state index contributed by atoms with van der Waals surface area (Å²) in [7, 11) is 0. The Bertz CT molecular complexity index is 568. The van der Waals surface area contributed by atoms with Crippen molar-refractivity contribution < 1.29 is 0 Å². The van der Waals surface area contributed by atoms with Crippen LogP contribution in [0.25, 0.3) is 16.4 Å². The Kier molecular flexibility index (Phi) is 1.30. The minimum absolute atomic E-state index is 1.25. The zero-order chi connectivity index (χ0) is 8.67. The van der Waals surface area contributed by atoms with E-state index in [-0.39, 0.29) is 0 Å². The number of benzene rings is 1. The molecule has 0 aliphatic rings. The van der Waals surface area contributed by atoms with Gasteiger partial charge in [0.2, 0.25) is 0 Å². The molecule has 0 N–H and O–H groups in total. The van der Waals surface area contributed by atoms with Crippen molar-refractivity contribution >= 4 is 23.3 Å². The predicted molar refractivity (Wildman–Crippen MR) is 56.3 cm³/mol. The van der Waals surface area contributed by atoms with Gasteiger partial charge >= 0.3 is 76.2 Å². The third-order valence-corrected chi connectivity index (χ3v) is 2.41. The van der Waals surface area contributed by atoms with Gasteiger partial charge in [0.05, 0.1) is 0 Å². The average molecular weight is 165 g/mol. The van der Waals surface area contributed by atoms with Gasteiger partial charge in [-0.3, -0.25) is 0 Å². The number of hydrogen-bond acceptors (Lipinski definition) is 0. The number of hydrogen-bond donors (Lipinski definition) is 0. The molecule has 0 spiro atoms. The predicted octanol–water partition coefficient (Wildman–Crippen LogP) is 2.43. The molecule has 2 aromatic heterocycles. The summed E-state index contributed by atoms with van der Waals surface area (Å²) in [5.74, 6) is 2.12. The van der Waals surface area contributed by atoms with Crippen molar-refractivity contribution in [2.75, 3.05) is 0 Å². The molecule has 0 aliphatic carbocycles. The number of fused-ring (bicyclic) bond motifs is 3. The molecule has 2 heterocycles. The molecule has 0 fully saturated rings. The van der Waals surface area contributed by atoms with E-state index >= 15 is 0 Å². The molecule has 2 heteroatoms. The van der Waals surface area contributed by atoms with Crippen molar-refractivity contribution in [1.82, 2.24) is 4.40 Å². The fraction of sp³-hybridized carbons (Fsp3) is 0. The summed E-state index contributed by atoms with van der Waals surface area (Å²) in [6.07, 6.45) is 2.09. The van der Waals surface area contributed by atoms with Gasteiger partial charge in [0.25, 0.3) is 0 Å². The Labute approximate surface area is 76.8 Å². The molecule has 0 saturated heterocycles. The van der Waals surface area contributed by atoms with Crippen LogP contribution >= 0.6 is 0 Å². The number of aromatic nitrogens is 1. The summed E-state index contributed by atoms with van der Waals surface area (Å²) in [4.78, 5) is 0. The van der Waals surface area contributed by atoms with Crippen LogP contribution in [0.5, 0.6) is 0 Å². The van der Waals surface area contributed by atoms with Gasteiger partial charge in [-0.15, -0.1) is 0 Å². The zero-order valence-electron chi connectivity index (χ0n) is 7.14. The Morgan fingerprint density at radius 3 is 2.92 bits per heavy atom. The zero-order valence-corrected chi connectivity index (χ0v) is 7.14. The van der Waals surface area contributed by atoms with Gasteiger partial charge in [0, 0.05) is 0 Å². The monoisotopic (exact) mass is 165 g/mol. The van der Waals surface area contributed by atoms with Crippen molar-refractivity contribution in [3.63, 3.8) is 0 Å². The van der Waals surface area contributed by atoms with Crippen LogP contribution in [0.15, 0.2) is 48.5 Å². The fourth-order valence-corrected chi connectivity index (χ4v) is 1.77. The molecule has 0 atom stereocenters. The number of pyridine rings is 1. The summed E-state index contributed by atoms with van der Waals surface area (Å²) < 4.78 is 2.20. The van der Waals surface area contributed by atoms with Crippen LogP contribution in [0, 0.1) is 0 Å². The second kappa shape index (κ2) is 2.46. The molecule has 3 rings (SSSR count). The van der Waals surface area contributed by atoms with E-state index in [2.05, 4.69) is 59.8 Å². The van der Waals surface area contributed by atoms with Crippen molar-refractivity contribution in [1.29, 1.82) is 0 Å². The Morgan fingerprint density at radius 2 is 1.92 bits per heavy atom. The summed E-state index contributed by atoms with van der Waals surface area (Å²) in [6.45, 7) is 2.07. The normalized spacial score (nSPS) is 10.8. The van der Waals surface area contributed by atoms with Gasteiger partial charge < -0.3 is 0 Å². The molecular formula is C11H8BN. The Morgan fingerprint density at radius 1 is 1.00 bits per heavy atom. The number of para-hydroxylation sites is 1. The molecular weight excluding hydrogens is 157 g/mol. The second-order valence-electron chi connectivity index (χ2n) is 3.20. The second-order valence-corrected chi connectivity index (χ2v) is 3.20. The maximum absolute atomic E-state index is 2.20. The van der Waals surface area contributed by atoms with Crippen LogP contribution in [0.1, 0.15) is 0 Å². The first-order chi connectivity index (χ1) is 6.45. The third-order valence-electron chi connectivity index (χ3n) is 2.41. The third kappa shape index (κ3) is 0.918. The molecule has 3 aromatic rings. The molecule has 0 radical (unpaired) electrons. The summed E-state index contributed by atoms with van der Waals surface area (Å²) >= 11 is 0. The van der Waals surface area contributed by atoms with Crippen molar-refractivity contribution in [3.05, 3.63) is 48.5 Å². The fourth-order valence-electron chi connectivity index (χ4n) is 1.77. The van der Waals surface area contributed by atoms with E-state index in [0.29, 0.717) is 0 Å². The van der Waals surface area contributed by atoms with E-state index in [1.807, 2.05) is 0 Å². The molecule has 0 bridgehead atoms. The van der Waals surface area contributed by atoms with E-state index in [1.165, 1.54) is 16.4 Å². The van der Waals surface area contributed by atoms with Gasteiger partial charge in [0.1, 0.15) is 0 Å². The molecule has 1 nitrogen and oxygen atoms in total. The summed E-state index contributed by atoms with van der Waals surface area (Å²) in [5.41, 5.74) is 2.52. The van der Waals surface area contributed by atoms with E-state index < -0.39 is 0 Å². The van der Waals surface area contributed by atoms with Crippen LogP contribution in [0.3, 0.4) is 0 Å². The van der Waals surface area contributed by atoms with Crippen LogP contribution in [-0.2, 0) is 0 Å². The van der Waals surface area contributed by atoms with Crippen LogP contribution in [0.4, 0.5) is 0 Å². The van der Waals surface area contributed by atoms with Crippen LogP contribution in [-0.4, -0.2) is 11.3 Å². The SMILES string of the molecule is b1cc2ccc3ccccc3n2c1. The van der Waals surface area contributed by atoms with Gasteiger partial charge in [-0.25, -0.2) is 0 Å². The molecule has 0 aliphatic heterocycles. The number of nitrogens with zero attached hydrogens (tertiary/aromatic N) is 1. The van der Waals surface area contributed by atoms with Gasteiger partial charge in [-0.1, -0.05) is 0 Å². The Balaban J connectivity index is 2.65. The Hall–Kier alpha value is -1.57. The van der Waals surface area contributed by atoms with Gasteiger partial charge in [-0.2, -0.15) is 0 Å². The van der Waals surface area contributed by atoms with Crippen molar-refractivity contribution in [2.45, 2.75) is 0 Å². The molecule has 1 aromatic carbocycles.